The topological polar surface area (TPSA) is 126 Å². The first-order valence-corrected chi connectivity index (χ1v) is 1.22. The second-order valence-corrected chi connectivity index (χ2v) is 0.500. The van der Waals surface area contributed by atoms with Crippen LogP contribution in [0.1, 0.15) is 0 Å². The number of rotatable bonds is 0. The minimum Gasteiger partial charge on any atom is -0.652 e. The zero-order chi connectivity index (χ0) is 7.15. The van der Waals surface area contributed by atoms with Crippen LogP contribution in [0.3, 0.4) is 0 Å². The van der Waals surface area contributed by atoms with Crippen LogP contribution in [0.2, 0.25) is 0 Å². The minimum atomic E-state index is -2.33. The van der Waals surface area contributed by atoms with E-state index < -0.39 is 12.3 Å². The van der Waals surface area contributed by atoms with Crippen molar-refractivity contribution in [2.45, 2.75) is 0 Å². The first-order valence-electron chi connectivity index (χ1n) is 1.22. The van der Waals surface area contributed by atoms with Crippen molar-refractivity contribution < 1.29 is 46.8 Å². The van der Waals surface area contributed by atoms with E-state index in [1.165, 1.54) is 0 Å². The van der Waals surface area contributed by atoms with Gasteiger partial charge < -0.3 is 30.0 Å². The first-order chi connectivity index (χ1) is 3.46. The second-order valence-electron chi connectivity index (χ2n) is 0.500. The van der Waals surface area contributed by atoms with Crippen LogP contribution < -0.4 is 20.4 Å². The van der Waals surface area contributed by atoms with Crippen molar-refractivity contribution in [2.24, 2.45) is 0 Å². The van der Waals surface area contributed by atoms with E-state index in [0.29, 0.717) is 0 Å². The molecule has 0 rings (SSSR count). The van der Waals surface area contributed by atoms with Gasteiger partial charge in [-0.2, -0.15) is 0 Å². The Balaban J connectivity index is -0.0000000300. The molecule has 0 amide bonds. The largest absolute Gasteiger partial charge is 2.00 e. The van der Waals surface area contributed by atoms with Crippen molar-refractivity contribution in [2.75, 3.05) is 0 Å². The van der Waals surface area contributed by atoms with E-state index in [-0.39, 0.29) is 62.3 Å². The average molecular weight is 267 g/mol. The molecule has 0 bridgehead atoms. The molecule has 8 heteroatoms. The van der Waals surface area contributed by atoms with Crippen LogP contribution in [0.15, 0.2) is 0 Å². The molecule has 10 heavy (non-hydrogen) atoms. The molecule has 0 unspecified atom stereocenters. The molecule has 0 aliphatic carbocycles. The van der Waals surface area contributed by atoms with Crippen LogP contribution in [0.25, 0.3) is 0 Å². The molecule has 0 heterocycles. The van der Waals surface area contributed by atoms with Gasteiger partial charge in [0.05, 0.1) is 0 Å². The molecular weight excluding hydrogens is 267 g/mol. The monoisotopic (exact) mass is 267 g/mol. The third-order valence-corrected chi connectivity index (χ3v) is 0. The number of hydrogen-bond acceptors (Lipinski definition) is 6. The molecule has 0 aromatic carbocycles. The second kappa shape index (κ2) is 16.3. The van der Waals surface area contributed by atoms with Gasteiger partial charge >= 0.3 is 62.3 Å². The zero-order valence-electron chi connectivity index (χ0n) is 4.49. The maximum atomic E-state index is 8.33. The van der Waals surface area contributed by atoms with Crippen LogP contribution >= 0.6 is 0 Å². The summed E-state index contributed by atoms with van der Waals surface area (Å²) >= 11 is 0. The van der Waals surface area contributed by atoms with Gasteiger partial charge in [-0.25, -0.2) is 0 Å². The molecule has 0 aliphatic heterocycles. The van der Waals surface area contributed by atoms with Crippen molar-refractivity contribution in [1.29, 1.82) is 0 Å². The fraction of sp³-hybridized carbons (Fsp3) is 0. The van der Waals surface area contributed by atoms with Crippen LogP contribution in [0.5, 0.6) is 0 Å². The van der Waals surface area contributed by atoms with Gasteiger partial charge in [0.2, 0.25) is 0 Å². The predicted molar refractivity (Wildman–Crippen MR) is 16.5 cm³/mol. The van der Waals surface area contributed by atoms with E-state index >= 15 is 0 Å². The minimum absolute atomic E-state index is 0. The number of carbonyl (C=O) groups is 2. The van der Waals surface area contributed by atoms with Gasteiger partial charge in [-0.15, -0.1) is 0 Å². The molecule has 6 nitrogen and oxygen atoms in total. The predicted octanol–water partition coefficient (Wildman–Crippen LogP) is -5.28. The summed E-state index contributed by atoms with van der Waals surface area (Å²) in [5, 5.41) is 33.3. The molecule has 0 fully saturated rings. The van der Waals surface area contributed by atoms with Crippen LogP contribution in [-0.4, -0.2) is 57.8 Å². The standard InChI is InChI=1S/2CH2O3.Co.Sr/c2*2-1(3)4;;/h2*(H2,2,3,4);;/q;;2*+2/p-4. The summed E-state index contributed by atoms with van der Waals surface area (Å²) < 4.78 is 0. The Morgan fingerprint density at radius 2 is 0.800 bits per heavy atom. The third-order valence-electron chi connectivity index (χ3n) is 0. The Bertz CT molecular complexity index is 73.7. The van der Waals surface area contributed by atoms with Crippen LogP contribution in [-0.2, 0) is 16.8 Å². The van der Waals surface area contributed by atoms with Crippen molar-refractivity contribution in [3.8, 4) is 0 Å². The van der Waals surface area contributed by atoms with E-state index in [1.807, 2.05) is 0 Å². The fourth-order valence-corrected chi connectivity index (χ4v) is 0. The van der Waals surface area contributed by atoms with E-state index in [4.69, 9.17) is 30.0 Å². The summed E-state index contributed by atoms with van der Waals surface area (Å²) in [7, 11) is 0. The number of hydrogen-bond donors (Lipinski definition) is 0. The Hall–Kier alpha value is 0.527. The van der Waals surface area contributed by atoms with Crippen LogP contribution in [0, 0.1) is 0 Å². The van der Waals surface area contributed by atoms with Gasteiger partial charge in [0.15, 0.2) is 0 Å². The molecule has 55 valence electrons. The van der Waals surface area contributed by atoms with Gasteiger partial charge in [-0.05, 0) is 12.3 Å². The molecule has 0 aromatic rings. The van der Waals surface area contributed by atoms with E-state index in [2.05, 4.69) is 0 Å². The van der Waals surface area contributed by atoms with Crippen molar-refractivity contribution >= 4 is 57.8 Å². The molecule has 0 aliphatic rings. The smallest absolute Gasteiger partial charge is 0.652 e. The molecule has 0 atom stereocenters. The Kier molecular flexibility index (Phi) is 36.5. The van der Waals surface area contributed by atoms with Gasteiger partial charge in [0.1, 0.15) is 0 Å². The average Bonchev–Trinajstić information content (AvgIpc) is 1.25. The van der Waals surface area contributed by atoms with Crippen molar-refractivity contribution in [1.82, 2.24) is 0 Å². The summed E-state index contributed by atoms with van der Waals surface area (Å²) in [6.07, 6.45) is -4.67. The molecular formula is C2CoO6Sr. The summed E-state index contributed by atoms with van der Waals surface area (Å²) in [4.78, 5) is 16.7. The normalized spacial score (nSPS) is 4.80. The van der Waals surface area contributed by atoms with Gasteiger partial charge in [0.25, 0.3) is 0 Å². The Morgan fingerprint density at radius 1 is 0.800 bits per heavy atom. The fourth-order valence-electron chi connectivity index (χ4n) is 0. The van der Waals surface area contributed by atoms with Gasteiger partial charge in [0, 0.05) is 0 Å². The summed E-state index contributed by atoms with van der Waals surface area (Å²) in [6.45, 7) is 0. The third kappa shape index (κ3) is 1740. The first kappa shape index (κ1) is 22.4. The maximum Gasteiger partial charge on any atom is 2.00 e. The van der Waals surface area contributed by atoms with Crippen molar-refractivity contribution in [3.63, 3.8) is 0 Å². The van der Waals surface area contributed by atoms with Gasteiger partial charge in [-0.3, -0.25) is 0 Å². The molecule has 0 spiro atoms. The van der Waals surface area contributed by atoms with Gasteiger partial charge in [-0.1, -0.05) is 0 Å². The van der Waals surface area contributed by atoms with Crippen LogP contribution in [0.4, 0.5) is 9.59 Å². The molecule has 0 N–H and O–H groups in total. The van der Waals surface area contributed by atoms with E-state index in [9.17, 15) is 0 Å². The Morgan fingerprint density at radius 3 is 0.800 bits per heavy atom. The maximum absolute atomic E-state index is 8.33. The summed E-state index contributed by atoms with van der Waals surface area (Å²) in [5.41, 5.74) is 0. The molecule has 1 radical (unpaired) electrons. The SMILES string of the molecule is O=C([O-])[O-].O=C([O-])[O-].[Co+2].[Sr+2]. The molecule has 0 saturated carbocycles. The van der Waals surface area contributed by atoms with Crippen molar-refractivity contribution in [3.05, 3.63) is 0 Å². The van der Waals surface area contributed by atoms with E-state index in [0.717, 1.165) is 0 Å². The molecule has 0 saturated heterocycles. The number of carboxylic acid groups (broad SMARTS) is 4. The summed E-state index contributed by atoms with van der Waals surface area (Å²) in [5.74, 6) is 0. The zero-order valence-corrected chi connectivity index (χ0v) is 9.01. The van der Waals surface area contributed by atoms with E-state index in [1.54, 1.807) is 0 Å². The number of carbonyl (C=O) groups excluding carboxylic acids is 2. The molecule has 0 aromatic heterocycles. The quantitative estimate of drug-likeness (QED) is 0.403. The summed E-state index contributed by atoms with van der Waals surface area (Å²) in [6, 6.07) is 0. The Labute approximate surface area is 103 Å².